The fourth-order valence-electron chi connectivity index (χ4n) is 2.14. The van der Waals surface area contributed by atoms with Gasteiger partial charge in [-0.15, -0.1) is 0 Å². The van der Waals surface area contributed by atoms with Crippen LogP contribution in [0.15, 0.2) is 46.9 Å². The maximum absolute atomic E-state index is 12.4. The summed E-state index contributed by atoms with van der Waals surface area (Å²) in [5.41, 5.74) is 2.49. The molecule has 1 amide bonds. The molecule has 0 spiro atoms. The number of amides is 1. The van der Waals surface area contributed by atoms with Crippen molar-refractivity contribution in [1.82, 2.24) is 5.32 Å². The molecule has 0 fully saturated rings. The van der Waals surface area contributed by atoms with Crippen LogP contribution < -0.4 is 15.4 Å². The molecule has 2 rings (SSSR count). The molecule has 138 valence electrons. The van der Waals surface area contributed by atoms with Gasteiger partial charge in [-0.3, -0.25) is 10.1 Å². The van der Waals surface area contributed by atoms with Crippen molar-refractivity contribution in [3.8, 4) is 5.75 Å². The van der Waals surface area contributed by atoms with Crippen molar-refractivity contribution < 1.29 is 9.53 Å². The largest absolute Gasteiger partial charge is 0.492 e. The van der Waals surface area contributed by atoms with E-state index < -0.39 is 0 Å². The molecule has 0 aliphatic carbocycles. The van der Waals surface area contributed by atoms with Gasteiger partial charge in [0.25, 0.3) is 5.91 Å². The van der Waals surface area contributed by atoms with Crippen molar-refractivity contribution in [3.05, 3.63) is 58.1 Å². The van der Waals surface area contributed by atoms with Crippen LogP contribution in [0.2, 0.25) is 0 Å². The molecule has 26 heavy (non-hydrogen) atoms. The van der Waals surface area contributed by atoms with Gasteiger partial charge in [-0.25, -0.2) is 0 Å². The smallest absolute Gasteiger partial charge is 0.257 e. The SMILES string of the molecule is Cc1ccc(NC(=S)NC(=O)c2ccc(OCCC(C)C)c(Br)c2)cc1. The molecule has 4 nitrogen and oxygen atoms in total. The lowest BCUT2D eigenvalue weighted by Crippen LogP contribution is -2.34. The molecule has 0 aliphatic heterocycles. The molecule has 0 radical (unpaired) electrons. The Hall–Kier alpha value is -1.92. The number of benzene rings is 2. The first-order valence-corrected chi connectivity index (χ1v) is 9.66. The number of carbonyl (C=O) groups is 1. The third-order valence-electron chi connectivity index (χ3n) is 3.68. The van der Waals surface area contributed by atoms with Crippen molar-refractivity contribution in [2.24, 2.45) is 5.92 Å². The molecular weight excluding hydrogens is 412 g/mol. The van der Waals surface area contributed by atoms with E-state index in [1.807, 2.05) is 31.2 Å². The topological polar surface area (TPSA) is 50.4 Å². The summed E-state index contributed by atoms with van der Waals surface area (Å²) in [6.07, 6.45) is 0.980. The Bertz CT molecular complexity index is 776. The van der Waals surface area contributed by atoms with Gasteiger partial charge in [0, 0.05) is 11.3 Å². The van der Waals surface area contributed by atoms with Crippen molar-refractivity contribution in [3.63, 3.8) is 0 Å². The Morgan fingerprint density at radius 2 is 1.88 bits per heavy atom. The normalized spacial score (nSPS) is 10.5. The quantitative estimate of drug-likeness (QED) is 0.604. The Labute approximate surface area is 168 Å². The molecule has 2 aromatic carbocycles. The highest BCUT2D eigenvalue weighted by molar-refractivity contribution is 9.10. The third-order valence-corrected chi connectivity index (χ3v) is 4.51. The van der Waals surface area contributed by atoms with Gasteiger partial charge < -0.3 is 10.1 Å². The summed E-state index contributed by atoms with van der Waals surface area (Å²) >= 11 is 8.66. The summed E-state index contributed by atoms with van der Waals surface area (Å²) in [4.78, 5) is 12.4. The number of hydrogen-bond acceptors (Lipinski definition) is 3. The van der Waals surface area contributed by atoms with Crippen molar-refractivity contribution >= 4 is 44.9 Å². The van der Waals surface area contributed by atoms with Crippen LogP contribution in [-0.2, 0) is 0 Å². The Morgan fingerprint density at radius 1 is 1.19 bits per heavy atom. The number of hydrogen-bond donors (Lipinski definition) is 2. The van der Waals surface area contributed by atoms with Crippen LogP contribution >= 0.6 is 28.1 Å². The highest BCUT2D eigenvalue weighted by Gasteiger charge is 2.11. The maximum atomic E-state index is 12.4. The molecule has 2 N–H and O–H groups in total. The van der Waals surface area contributed by atoms with Crippen LogP contribution in [0, 0.1) is 12.8 Å². The fourth-order valence-corrected chi connectivity index (χ4v) is 2.84. The van der Waals surface area contributed by atoms with E-state index in [2.05, 4.69) is 40.4 Å². The molecule has 0 atom stereocenters. The van der Waals surface area contributed by atoms with Gasteiger partial charge >= 0.3 is 0 Å². The van der Waals surface area contributed by atoms with Crippen molar-refractivity contribution in [1.29, 1.82) is 0 Å². The van der Waals surface area contributed by atoms with Crippen molar-refractivity contribution in [2.75, 3.05) is 11.9 Å². The second-order valence-corrected chi connectivity index (χ2v) is 7.71. The van der Waals surface area contributed by atoms with E-state index in [9.17, 15) is 4.79 Å². The summed E-state index contributed by atoms with van der Waals surface area (Å²) in [6.45, 7) is 6.96. The number of halogens is 1. The zero-order valence-corrected chi connectivity index (χ0v) is 17.5. The minimum atomic E-state index is -0.274. The van der Waals surface area contributed by atoms with E-state index in [0.29, 0.717) is 18.1 Å². The van der Waals surface area contributed by atoms with Gasteiger partial charge in [-0.1, -0.05) is 31.5 Å². The molecule has 0 saturated heterocycles. The van der Waals surface area contributed by atoms with Crippen molar-refractivity contribution in [2.45, 2.75) is 27.2 Å². The molecular formula is C20H23BrN2O2S. The van der Waals surface area contributed by atoms with Crippen LogP contribution in [0.25, 0.3) is 0 Å². The first-order valence-electron chi connectivity index (χ1n) is 8.46. The van der Waals surface area contributed by atoms with E-state index in [1.54, 1.807) is 18.2 Å². The van der Waals surface area contributed by atoms with E-state index in [0.717, 1.165) is 27.9 Å². The van der Waals surface area contributed by atoms with Crippen LogP contribution in [-0.4, -0.2) is 17.6 Å². The van der Waals surface area contributed by atoms with Gasteiger partial charge in [-0.05, 0) is 77.7 Å². The zero-order valence-electron chi connectivity index (χ0n) is 15.1. The summed E-state index contributed by atoms with van der Waals surface area (Å²) in [5, 5.41) is 5.94. The molecule has 0 heterocycles. The van der Waals surface area contributed by atoms with Gasteiger partial charge in [0.05, 0.1) is 11.1 Å². The molecule has 0 aromatic heterocycles. The fraction of sp³-hybridized carbons (Fsp3) is 0.300. The number of carbonyl (C=O) groups excluding carboxylic acids is 1. The Kier molecular flexibility index (Phi) is 7.60. The Balaban J connectivity index is 1.93. The lowest BCUT2D eigenvalue weighted by molar-refractivity contribution is 0.0977. The predicted molar refractivity (Wildman–Crippen MR) is 114 cm³/mol. The molecule has 0 unspecified atom stereocenters. The predicted octanol–water partition coefficient (Wildman–Crippen LogP) is 5.31. The van der Waals surface area contributed by atoms with E-state index in [-0.39, 0.29) is 11.0 Å². The summed E-state index contributed by atoms with van der Waals surface area (Å²) in [5.74, 6) is 1.03. The summed E-state index contributed by atoms with van der Waals surface area (Å²) in [7, 11) is 0. The number of nitrogens with one attached hydrogen (secondary N) is 2. The van der Waals surface area contributed by atoms with Crippen LogP contribution in [0.3, 0.4) is 0 Å². The van der Waals surface area contributed by atoms with E-state index >= 15 is 0 Å². The number of thiocarbonyl (C=S) groups is 1. The Morgan fingerprint density at radius 3 is 2.50 bits per heavy atom. The average Bonchev–Trinajstić information content (AvgIpc) is 2.58. The summed E-state index contributed by atoms with van der Waals surface area (Å²) < 4.78 is 6.48. The second kappa shape index (κ2) is 9.69. The maximum Gasteiger partial charge on any atom is 0.257 e. The first kappa shape index (κ1) is 20.4. The zero-order chi connectivity index (χ0) is 19.1. The van der Waals surface area contributed by atoms with E-state index in [1.165, 1.54) is 0 Å². The standard InChI is InChI=1S/C20H23BrN2O2S/c1-13(2)10-11-25-18-9-6-15(12-17(18)21)19(24)23-20(26)22-16-7-4-14(3)5-8-16/h4-9,12-13H,10-11H2,1-3H3,(H2,22,23,24,26). The van der Waals surface area contributed by atoms with Crippen LogP contribution in [0.1, 0.15) is 36.2 Å². The molecule has 2 aromatic rings. The molecule has 0 aliphatic rings. The highest BCUT2D eigenvalue weighted by atomic mass is 79.9. The first-order chi connectivity index (χ1) is 12.3. The molecule has 0 bridgehead atoms. The third kappa shape index (κ3) is 6.42. The van der Waals surface area contributed by atoms with Gasteiger partial charge in [0.2, 0.25) is 0 Å². The molecule has 6 heteroatoms. The van der Waals surface area contributed by atoms with Crippen LogP contribution in [0.4, 0.5) is 5.69 Å². The lowest BCUT2D eigenvalue weighted by Gasteiger charge is -2.12. The second-order valence-electron chi connectivity index (χ2n) is 6.45. The van der Waals surface area contributed by atoms with Gasteiger partial charge in [0.15, 0.2) is 5.11 Å². The lowest BCUT2D eigenvalue weighted by atomic mass is 10.1. The van der Waals surface area contributed by atoms with E-state index in [4.69, 9.17) is 17.0 Å². The minimum absolute atomic E-state index is 0.257. The van der Waals surface area contributed by atoms with Gasteiger partial charge in [-0.2, -0.15) is 0 Å². The number of rotatable bonds is 6. The monoisotopic (exact) mass is 434 g/mol. The molecule has 0 saturated carbocycles. The highest BCUT2D eigenvalue weighted by Crippen LogP contribution is 2.26. The number of ether oxygens (including phenoxy) is 1. The summed E-state index contributed by atoms with van der Waals surface area (Å²) in [6, 6.07) is 13.0. The number of anilines is 1. The average molecular weight is 435 g/mol. The minimum Gasteiger partial charge on any atom is -0.492 e. The number of aryl methyl sites for hydroxylation is 1. The van der Waals surface area contributed by atoms with Crippen LogP contribution in [0.5, 0.6) is 5.75 Å². The van der Waals surface area contributed by atoms with Gasteiger partial charge in [0.1, 0.15) is 5.75 Å².